The molecule has 0 bridgehead atoms. The normalized spacial score (nSPS) is 35.7. The van der Waals surface area contributed by atoms with E-state index in [1.54, 1.807) is 0 Å². The zero-order valence-electron chi connectivity index (χ0n) is 7.17. The van der Waals surface area contributed by atoms with E-state index in [2.05, 4.69) is 25.8 Å². The molecule has 1 rings (SSSR count). The summed E-state index contributed by atoms with van der Waals surface area (Å²) < 4.78 is 0. The molecule has 2 N–H and O–H groups in total. The maximum Gasteiger partial charge on any atom is 0.0211 e. The van der Waals surface area contributed by atoms with Crippen molar-refractivity contribution in [3.05, 3.63) is 0 Å². The molecule has 0 saturated carbocycles. The lowest BCUT2D eigenvalue weighted by Crippen LogP contribution is -2.31. The lowest BCUT2D eigenvalue weighted by atomic mass is 9.92. The highest BCUT2D eigenvalue weighted by molar-refractivity contribution is 4.86. The fraction of sp³-hybridized carbons (Fsp3) is 1.00. The molecule has 0 aromatic heterocycles. The predicted octanol–water partition coefficient (Wildman–Crippen LogP) is 0.531. The van der Waals surface area contributed by atoms with Gasteiger partial charge in [0.15, 0.2) is 0 Å². The highest BCUT2D eigenvalue weighted by atomic mass is 15.1. The average molecular weight is 142 g/mol. The largest absolute Gasteiger partial charge is 0.326 e. The summed E-state index contributed by atoms with van der Waals surface area (Å²) in [5, 5.41) is 0. The number of nitrogens with two attached hydrogens (primary N) is 1. The second kappa shape index (κ2) is 2.89. The number of nitrogens with zero attached hydrogens (tertiary/aromatic N) is 1. The van der Waals surface area contributed by atoms with Crippen molar-refractivity contribution in [2.24, 2.45) is 17.6 Å². The summed E-state index contributed by atoms with van der Waals surface area (Å²) >= 11 is 0. The maximum atomic E-state index is 5.93. The lowest BCUT2D eigenvalue weighted by Gasteiger charge is -2.17. The molecule has 1 aliphatic rings. The third-order valence-electron chi connectivity index (χ3n) is 2.45. The molecule has 0 aromatic rings. The van der Waals surface area contributed by atoms with Gasteiger partial charge in [-0.3, -0.25) is 0 Å². The Hall–Kier alpha value is -0.0800. The van der Waals surface area contributed by atoms with Crippen LogP contribution in [0, 0.1) is 11.8 Å². The SMILES string of the molecule is CC(C)[C@@H]1CN(C)C[C@H]1N. The van der Waals surface area contributed by atoms with E-state index >= 15 is 0 Å². The summed E-state index contributed by atoms with van der Waals surface area (Å²) in [6.45, 7) is 6.76. The van der Waals surface area contributed by atoms with E-state index in [4.69, 9.17) is 5.73 Å². The van der Waals surface area contributed by atoms with Gasteiger partial charge in [-0.15, -0.1) is 0 Å². The fourth-order valence-electron chi connectivity index (χ4n) is 1.77. The molecule has 0 spiro atoms. The molecule has 10 heavy (non-hydrogen) atoms. The lowest BCUT2D eigenvalue weighted by molar-refractivity contribution is 0.344. The molecule has 0 radical (unpaired) electrons. The first-order valence-electron chi connectivity index (χ1n) is 4.05. The zero-order chi connectivity index (χ0) is 7.72. The van der Waals surface area contributed by atoms with E-state index in [1.165, 1.54) is 6.54 Å². The summed E-state index contributed by atoms with van der Waals surface area (Å²) in [4.78, 5) is 2.31. The molecule has 0 aliphatic carbocycles. The van der Waals surface area contributed by atoms with Gasteiger partial charge in [-0.1, -0.05) is 13.8 Å². The number of likely N-dealkylation sites (tertiary alicyclic amines) is 1. The van der Waals surface area contributed by atoms with Crippen LogP contribution >= 0.6 is 0 Å². The Morgan fingerprint density at radius 1 is 1.40 bits per heavy atom. The molecular formula is C8H18N2. The van der Waals surface area contributed by atoms with E-state index < -0.39 is 0 Å². The van der Waals surface area contributed by atoms with Crippen LogP contribution in [0.15, 0.2) is 0 Å². The smallest absolute Gasteiger partial charge is 0.0211 e. The van der Waals surface area contributed by atoms with E-state index in [9.17, 15) is 0 Å². The van der Waals surface area contributed by atoms with Crippen LogP contribution < -0.4 is 5.73 Å². The molecule has 1 aliphatic heterocycles. The second-order valence-electron chi connectivity index (χ2n) is 3.79. The molecule has 1 saturated heterocycles. The molecule has 1 fully saturated rings. The summed E-state index contributed by atoms with van der Waals surface area (Å²) in [6, 6.07) is 0.407. The van der Waals surface area contributed by atoms with Gasteiger partial charge >= 0.3 is 0 Å². The molecule has 0 unspecified atom stereocenters. The van der Waals surface area contributed by atoms with Gasteiger partial charge in [0.25, 0.3) is 0 Å². The summed E-state index contributed by atoms with van der Waals surface area (Å²) in [5.74, 6) is 1.45. The van der Waals surface area contributed by atoms with Crippen molar-refractivity contribution in [3.8, 4) is 0 Å². The van der Waals surface area contributed by atoms with Crippen LogP contribution in [0.1, 0.15) is 13.8 Å². The standard InChI is InChI=1S/C8H18N2/c1-6(2)7-4-10(3)5-8(7)9/h6-8H,4-5,9H2,1-3H3/t7-,8+/m0/s1. The number of hydrogen-bond donors (Lipinski definition) is 1. The van der Waals surface area contributed by atoms with Gasteiger partial charge in [-0.2, -0.15) is 0 Å². The highest BCUT2D eigenvalue weighted by Crippen LogP contribution is 2.21. The Kier molecular flexibility index (Phi) is 2.32. The van der Waals surface area contributed by atoms with Crippen molar-refractivity contribution in [1.82, 2.24) is 4.90 Å². The van der Waals surface area contributed by atoms with Gasteiger partial charge in [0.1, 0.15) is 0 Å². The van der Waals surface area contributed by atoms with Gasteiger partial charge in [0, 0.05) is 19.1 Å². The first-order valence-corrected chi connectivity index (χ1v) is 4.05. The Morgan fingerprint density at radius 3 is 2.20 bits per heavy atom. The van der Waals surface area contributed by atoms with Crippen LogP contribution in [-0.4, -0.2) is 31.1 Å². The Bertz CT molecular complexity index is 112. The van der Waals surface area contributed by atoms with Crippen LogP contribution in [-0.2, 0) is 0 Å². The van der Waals surface area contributed by atoms with Crippen LogP contribution in [0.2, 0.25) is 0 Å². The first kappa shape index (κ1) is 8.02. The minimum absolute atomic E-state index is 0.407. The quantitative estimate of drug-likeness (QED) is 0.578. The third-order valence-corrected chi connectivity index (χ3v) is 2.45. The molecule has 2 atom stereocenters. The fourth-order valence-corrected chi connectivity index (χ4v) is 1.77. The summed E-state index contributed by atoms with van der Waals surface area (Å²) in [7, 11) is 2.14. The highest BCUT2D eigenvalue weighted by Gasteiger charge is 2.29. The molecular weight excluding hydrogens is 124 g/mol. The molecule has 60 valence electrons. The molecule has 2 nitrogen and oxygen atoms in total. The van der Waals surface area contributed by atoms with Crippen LogP contribution in [0.25, 0.3) is 0 Å². The van der Waals surface area contributed by atoms with E-state index in [-0.39, 0.29) is 0 Å². The minimum Gasteiger partial charge on any atom is -0.326 e. The first-order chi connectivity index (χ1) is 4.61. The van der Waals surface area contributed by atoms with E-state index in [0.717, 1.165) is 12.5 Å². The van der Waals surface area contributed by atoms with Crippen LogP contribution in [0.5, 0.6) is 0 Å². The molecule has 0 amide bonds. The topological polar surface area (TPSA) is 29.3 Å². The third kappa shape index (κ3) is 1.50. The van der Waals surface area contributed by atoms with Crippen molar-refractivity contribution in [1.29, 1.82) is 0 Å². The molecule has 0 aromatic carbocycles. The van der Waals surface area contributed by atoms with Gasteiger partial charge in [0.2, 0.25) is 0 Å². The maximum absolute atomic E-state index is 5.93. The number of hydrogen-bond acceptors (Lipinski definition) is 2. The van der Waals surface area contributed by atoms with Gasteiger partial charge in [0.05, 0.1) is 0 Å². The van der Waals surface area contributed by atoms with Gasteiger partial charge in [-0.25, -0.2) is 0 Å². The summed E-state index contributed by atoms with van der Waals surface area (Å²) in [5.41, 5.74) is 5.93. The molecule has 1 heterocycles. The Labute approximate surface area is 63.4 Å². The van der Waals surface area contributed by atoms with Crippen LogP contribution in [0.3, 0.4) is 0 Å². The average Bonchev–Trinajstić information content (AvgIpc) is 2.10. The Morgan fingerprint density at radius 2 is 2.00 bits per heavy atom. The number of rotatable bonds is 1. The minimum atomic E-state index is 0.407. The van der Waals surface area contributed by atoms with Crippen molar-refractivity contribution in [2.75, 3.05) is 20.1 Å². The van der Waals surface area contributed by atoms with Gasteiger partial charge < -0.3 is 10.6 Å². The molecule has 2 heteroatoms. The van der Waals surface area contributed by atoms with Crippen molar-refractivity contribution in [3.63, 3.8) is 0 Å². The van der Waals surface area contributed by atoms with Crippen molar-refractivity contribution < 1.29 is 0 Å². The van der Waals surface area contributed by atoms with Crippen LogP contribution in [0.4, 0.5) is 0 Å². The van der Waals surface area contributed by atoms with E-state index in [1.807, 2.05) is 0 Å². The monoisotopic (exact) mass is 142 g/mol. The predicted molar refractivity (Wildman–Crippen MR) is 43.8 cm³/mol. The van der Waals surface area contributed by atoms with Crippen molar-refractivity contribution in [2.45, 2.75) is 19.9 Å². The second-order valence-corrected chi connectivity index (χ2v) is 3.79. The Balaban J connectivity index is 2.46. The number of likely N-dealkylation sites (N-methyl/N-ethyl adjacent to an activating group) is 1. The van der Waals surface area contributed by atoms with Crippen molar-refractivity contribution >= 4 is 0 Å². The summed E-state index contributed by atoms with van der Waals surface area (Å²) in [6.07, 6.45) is 0. The van der Waals surface area contributed by atoms with E-state index in [0.29, 0.717) is 12.0 Å². The van der Waals surface area contributed by atoms with Gasteiger partial charge in [-0.05, 0) is 18.9 Å². The zero-order valence-corrected chi connectivity index (χ0v) is 7.17.